The van der Waals surface area contributed by atoms with Gasteiger partial charge in [0.15, 0.2) is 0 Å². The van der Waals surface area contributed by atoms with Gasteiger partial charge in [-0.15, -0.1) is 0 Å². The molecule has 0 aromatic rings. The van der Waals surface area contributed by atoms with Gasteiger partial charge in [0.05, 0.1) is 0 Å². The predicted molar refractivity (Wildman–Crippen MR) is 22.8 cm³/mol. The summed E-state index contributed by atoms with van der Waals surface area (Å²) in [5, 5.41) is 17.6. The fraction of sp³-hybridized carbons (Fsp3) is 0.500. The summed E-state index contributed by atoms with van der Waals surface area (Å²) >= 11 is 1.06. The van der Waals surface area contributed by atoms with Gasteiger partial charge in [-0.25, -0.2) is 0 Å². The third kappa shape index (κ3) is 15.4. The molecule has 16 heavy (non-hydrogen) atoms. The number of hydrogen-bond donors (Lipinski definition) is 0. The van der Waals surface area contributed by atoms with Crippen LogP contribution in [0.5, 0.6) is 0 Å². The first-order valence-electron chi connectivity index (χ1n) is 2.63. The van der Waals surface area contributed by atoms with E-state index in [0.717, 1.165) is 17.4 Å². The standard InChI is InChI=1S/2C2HF3O2.O.V/c2*3-2(4,5)1(6)7;;/h2*(H,6,7);;/q;;;+2/p-2. The predicted octanol–water partition coefficient (Wildman–Crippen LogP) is -1.52. The summed E-state index contributed by atoms with van der Waals surface area (Å²) in [4.78, 5) is 17.6. The van der Waals surface area contributed by atoms with Crippen LogP contribution in [0, 0.1) is 0 Å². The minimum absolute atomic E-state index is 1.06. The fourth-order valence-electron chi connectivity index (χ4n) is 0. The summed E-state index contributed by atoms with van der Waals surface area (Å²) in [6.45, 7) is 0. The number of carboxylic acids is 2. The number of carboxylic acid groups (broad SMARTS) is 2. The van der Waals surface area contributed by atoms with Crippen molar-refractivity contribution >= 4 is 11.9 Å². The third-order valence-electron chi connectivity index (χ3n) is 0.463. The van der Waals surface area contributed by atoms with E-state index in [1.807, 2.05) is 0 Å². The van der Waals surface area contributed by atoms with E-state index in [1.54, 1.807) is 0 Å². The molecule has 0 rings (SSSR count). The van der Waals surface area contributed by atoms with Crippen LogP contribution in [0.3, 0.4) is 0 Å². The molecule has 0 N–H and O–H groups in total. The zero-order valence-corrected chi connectivity index (χ0v) is 8.15. The monoisotopic (exact) mass is 293 g/mol. The van der Waals surface area contributed by atoms with Gasteiger partial charge in [0.1, 0.15) is 11.9 Å². The summed E-state index contributed by atoms with van der Waals surface area (Å²) in [7, 11) is 0. The number of hydrogen-bond acceptors (Lipinski definition) is 5. The van der Waals surface area contributed by atoms with Gasteiger partial charge < -0.3 is 19.8 Å². The molecule has 0 aliphatic heterocycles. The van der Waals surface area contributed by atoms with Crippen LogP contribution in [-0.2, 0) is 30.6 Å². The van der Waals surface area contributed by atoms with E-state index < -0.39 is 24.3 Å². The summed E-state index contributed by atoms with van der Waals surface area (Å²) in [6.07, 6.45) is -10.4. The van der Waals surface area contributed by atoms with Crippen LogP contribution in [-0.4, -0.2) is 24.3 Å². The molecule has 0 aromatic carbocycles. The van der Waals surface area contributed by atoms with Gasteiger partial charge in [-0.3, -0.25) is 0 Å². The topological polar surface area (TPSA) is 97.3 Å². The Hall–Kier alpha value is -1.10. The van der Waals surface area contributed by atoms with Crippen LogP contribution in [0.4, 0.5) is 26.3 Å². The molecule has 0 saturated heterocycles. The molecule has 0 unspecified atom stereocenters. The first-order valence-corrected chi connectivity index (χ1v) is 3.20. The molecule has 0 amide bonds. The van der Waals surface area contributed by atoms with E-state index in [1.165, 1.54) is 0 Å². The van der Waals surface area contributed by atoms with Crippen molar-refractivity contribution in [2.45, 2.75) is 12.4 Å². The number of aliphatic carboxylic acids is 2. The molecule has 5 nitrogen and oxygen atoms in total. The van der Waals surface area contributed by atoms with Crippen molar-refractivity contribution in [3.05, 3.63) is 0 Å². The summed E-state index contributed by atoms with van der Waals surface area (Å²) in [5.41, 5.74) is 0. The number of carbonyl (C=O) groups is 2. The molecule has 0 aliphatic rings. The first kappa shape index (κ1) is 20.3. The van der Waals surface area contributed by atoms with E-state index in [4.69, 9.17) is 23.5 Å². The van der Waals surface area contributed by atoms with E-state index in [9.17, 15) is 26.3 Å². The van der Waals surface area contributed by atoms with Crippen molar-refractivity contribution in [3.8, 4) is 0 Å². The minimum atomic E-state index is -5.19. The van der Waals surface area contributed by atoms with Gasteiger partial charge in [-0.1, -0.05) is 0 Å². The van der Waals surface area contributed by atoms with Crippen LogP contribution in [0.2, 0.25) is 0 Å². The van der Waals surface area contributed by atoms with Crippen LogP contribution < -0.4 is 10.2 Å². The zero-order chi connectivity index (χ0) is 14.2. The van der Waals surface area contributed by atoms with Crippen LogP contribution >= 0.6 is 0 Å². The van der Waals surface area contributed by atoms with E-state index >= 15 is 0 Å². The van der Waals surface area contributed by atoms with Crippen molar-refractivity contribution in [2.75, 3.05) is 0 Å². The Labute approximate surface area is 92.2 Å². The van der Waals surface area contributed by atoms with E-state index in [-0.39, 0.29) is 0 Å². The summed E-state index contributed by atoms with van der Waals surface area (Å²) < 4.78 is 71.3. The Bertz CT molecular complexity index is 210. The molecule has 0 aromatic heterocycles. The van der Waals surface area contributed by atoms with Gasteiger partial charge >= 0.3 is 33.4 Å². The van der Waals surface area contributed by atoms with Gasteiger partial charge in [0, 0.05) is 0 Å². The molecule has 0 aliphatic carbocycles. The molecular weight excluding hydrogens is 293 g/mol. The van der Waals surface area contributed by atoms with Gasteiger partial charge in [-0.2, -0.15) is 26.3 Å². The van der Waals surface area contributed by atoms with E-state index in [2.05, 4.69) is 0 Å². The Morgan fingerprint density at radius 3 is 0.812 bits per heavy atom. The number of alkyl halides is 6. The molecular formula is C4F6O5V. The SMILES string of the molecule is O=C([O-])C(F)(F)F.O=C([O-])C(F)(F)F.[O]=[V+2]. The molecule has 12 heteroatoms. The van der Waals surface area contributed by atoms with Gasteiger partial charge in [0.2, 0.25) is 0 Å². The van der Waals surface area contributed by atoms with E-state index in [0.29, 0.717) is 0 Å². The van der Waals surface area contributed by atoms with Crippen LogP contribution in [0.15, 0.2) is 0 Å². The molecule has 0 saturated carbocycles. The average molecular weight is 293 g/mol. The molecule has 0 fully saturated rings. The number of carbonyl (C=O) groups excluding carboxylic acids is 2. The average Bonchev–Trinajstić information content (AvgIpc) is 2.05. The number of halogens is 6. The Kier molecular flexibility index (Phi) is 10.3. The van der Waals surface area contributed by atoms with Crippen LogP contribution in [0.1, 0.15) is 0 Å². The maximum atomic E-state index is 10.5. The fourth-order valence-corrected chi connectivity index (χ4v) is 0. The zero-order valence-electron chi connectivity index (χ0n) is 6.76. The normalized spacial score (nSPS) is 10.2. The molecule has 0 bridgehead atoms. The maximum absolute atomic E-state index is 10.5. The number of rotatable bonds is 0. The second-order valence-corrected chi connectivity index (χ2v) is 1.57. The first-order chi connectivity index (χ1) is 6.89. The van der Waals surface area contributed by atoms with Crippen molar-refractivity contribution in [1.82, 2.24) is 0 Å². The second-order valence-electron chi connectivity index (χ2n) is 1.57. The Balaban J connectivity index is -0.000000183. The van der Waals surface area contributed by atoms with Gasteiger partial charge in [0.25, 0.3) is 0 Å². The summed E-state index contributed by atoms with van der Waals surface area (Å²) in [6, 6.07) is 0. The van der Waals surface area contributed by atoms with Crippen molar-refractivity contribution in [2.24, 2.45) is 0 Å². The molecule has 0 spiro atoms. The molecule has 0 heterocycles. The Morgan fingerprint density at radius 1 is 0.750 bits per heavy atom. The second kappa shape index (κ2) is 8.10. The van der Waals surface area contributed by atoms with Crippen molar-refractivity contribution in [3.63, 3.8) is 0 Å². The molecule has 0 radical (unpaired) electrons. The molecule has 0 atom stereocenters. The molecule has 93 valence electrons. The van der Waals surface area contributed by atoms with Crippen molar-refractivity contribution < 1.29 is 67.2 Å². The third-order valence-corrected chi connectivity index (χ3v) is 0.463. The summed E-state index contributed by atoms with van der Waals surface area (Å²) in [5.74, 6) is -6.01. The quantitative estimate of drug-likeness (QED) is 0.505. The van der Waals surface area contributed by atoms with Gasteiger partial charge in [-0.05, 0) is 0 Å². The Morgan fingerprint density at radius 2 is 0.812 bits per heavy atom. The van der Waals surface area contributed by atoms with Crippen LogP contribution in [0.25, 0.3) is 0 Å². The van der Waals surface area contributed by atoms with Crippen molar-refractivity contribution in [1.29, 1.82) is 0 Å².